The fraction of sp³-hybridized carbons (Fsp3) is 0.150. The summed E-state index contributed by atoms with van der Waals surface area (Å²) in [7, 11) is 1.29. The van der Waals surface area contributed by atoms with Crippen LogP contribution in [0.4, 0.5) is 0 Å². The van der Waals surface area contributed by atoms with Crippen LogP contribution in [0.25, 0.3) is 17.4 Å². The smallest absolute Gasteiger partial charge is 0.337 e. The molecular weight excluding hydrogens is 446 g/mol. The minimum atomic E-state index is -1.60. The number of thioether (sulfide) groups is 1. The number of furan rings is 1. The van der Waals surface area contributed by atoms with E-state index in [1.54, 1.807) is 36.4 Å². The van der Waals surface area contributed by atoms with Gasteiger partial charge in [0, 0.05) is 11.6 Å². The molecule has 2 heterocycles. The summed E-state index contributed by atoms with van der Waals surface area (Å²) in [5.41, 5.74) is 1.07. The minimum absolute atomic E-state index is 0.0462. The number of aliphatic carboxylic acids is 2. The zero-order valence-electron chi connectivity index (χ0n) is 15.9. The van der Waals surface area contributed by atoms with Crippen LogP contribution < -0.4 is 0 Å². The molecule has 9 nitrogen and oxygen atoms in total. The normalized spacial score (nSPS) is 15.9. The van der Waals surface area contributed by atoms with Crippen LogP contribution in [0, 0.1) is 0 Å². The molecule has 2 aromatic rings. The molecule has 31 heavy (non-hydrogen) atoms. The van der Waals surface area contributed by atoms with Gasteiger partial charge in [-0.25, -0.2) is 9.59 Å². The maximum Gasteiger partial charge on any atom is 0.337 e. The molecule has 0 aliphatic carbocycles. The molecule has 1 aromatic heterocycles. The van der Waals surface area contributed by atoms with Crippen LogP contribution in [0.15, 0.2) is 45.7 Å². The zero-order chi connectivity index (χ0) is 22.7. The number of hydrogen-bond donors (Lipinski definition) is 2. The van der Waals surface area contributed by atoms with Gasteiger partial charge in [0.05, 0.1) is 24.0 Å². The van der Waals surface area contributed by atoms with Crippen LogP contribution in [0.2, 0.25) is 0 Å². The average Bonchev–Trinajstić information content (AvgIpc) is 3.30. The van der Waals surface area contributed by atoms with Crippen molar-refractivity contribution in [3.63, 3.8) is 0 Å². The van der Waals surface area contributed by atoms with Crippen molar-refractivity contribution in [3.8, 4) is 11.3 Å². The fourth-order valence-electron chi connectivity index (χ4n) is 2.81. The van der Waals surface area contributed by atoms with Crippen molar-refractivity contribution in [2.24, 2.45) is 0 Å². The summed E-state index contributed by atoms with van der Waals surface area (Å²) in [6.07, 6.45) is 0.632. The van der Waals surface area contributed by atoms with Gasteiger partial charge in [-0.15, -0.1) is 0 Å². The highest BCUT2D eigenvalue weighted by Gasteiger charge is 2.41. The van der Waals surface area contributed by atoms with E-state index in [0.717, 1.165) is 16.7 Å². The third-order valence-electron chi connectivity index (χ3n) is 4.28. The third-order valence-corrected chi connectivity index (χ3v) is 5.61. The lowest BCUT2D eigenvalue weighted by Gasteiger charge is -2.21. The van der Waals surface area contributed by atoms with Crippen LogP contribution in [-0.2, 0) is 19.1 Å². The van der Waals surface area contributed by atoms with E-state index in [0.29, 0.717) is 22.6 Å². The second-order valence-electron chi connectivity index (χ2n) is 6.27. The number of benzene rings is 1. The predicted octanol–water partition coefficient (Wildman–Crippen LogP) is 2.86. The second-order valence-corrected chi connectivity index (χ2v) is 7.95. The molecule has 1 saturated heterocycles. The van der Waals surface area contributed by atoms with Gasteiger partial charge in [-0.2, -0.15) is 0 Å². The molecule has 11 heteroatoms. The van der Waals surface area contributed by atoms with Gasteiger partial charge in [-0.3, -0.25) is 14.5 Å². The molecule has 1 amide bonds. The number of carboxylic acid groups (broad SMARTS) is 2. The van der Waals surface area contributed by atoms with Crippen molar-refractivity contribution in [1.82, 2.24) is 4.90 Å². The van der Waals surface area contributed by atoms with Crippen molar-refractivity contribution in [3.05, 3.63) is 52.6 Å². The number of carbonyl (C=O) groups excluding carboxylic acids is 2. The second kappa shape index (κ2) is 9.14. The van der Waals surface area contributed by atoms with Gasteiger partial charge < -0.3 is 19.4 Å². The van der Waals surface area contributed by atoms with E-state index in [1.165, 1.54) is 13.2 Å². The first kappa shape index (κ1) is 22.2. The molecule has 160 valence electrons. The molecule has 0 bridgehead atoms. The van der Waals surface area contributed by atoms with Gasteiger partial charge in [-0.05, 0) is 24.3 Å². The van der Waals surface area contributed by atoms with E-state index in [-0.39, 0.29) is 9.23 Å². The molecule has 1 aliphatic heterocycles. The van der Waals surface area contributed by atoms with E-state index in [4.69, 9.17) is 21.7 Å². The molecule has 0 unspecified atom stereocenters. The highest BCUT2D eigenvalue weighted by atomic mass is 32.2. The topological polar surface area (TPSA) is 134 Å². The van der Waals surface area contributed by atoms with Crippen molar-refractivity contribution in [2.45, 2.75) is 12.5 Å². The lowest BCUT2D eigenvalue weighted by molar-refractivity contribution is -0.150. The largest absolute Gasteiger partial charge is 0.481 e. The molecule has 0 spiro atoms. The van der Waals surface area contributed by atoms with E-state index in [1.807, 2.05) is 0 Å². The number of amides is 1. The number of carboxylic acids is 2. The SMILES string of the molecule is COC(=O)c1ccc(-c2ccc(/C=C3\SC(=S)N([C@H](CC(=O)O)C(=O)O)C3=O)o2)cc1. The maximum absolute atomic E-state index is 12.7. The van der Waals surface area contributed by atoms with Crippen LogP contribution in [0.5, 0.6) is 0 Å². The van der Waals surface area contributed by atoms with E-state index in [9.17, 15) is 24.3 Å². The Labute approximate surface area is 185 Å². The van der Waals surface area contributed by atoms with Crippen LogP contribution in [-0.4, -0.2) is 56.4 Å². The summed E-state index contributed by atoms with van der Waals surface area (Å²) in [4.78, 5) is 47.5. The predicted molar refractivity (Wildman–Crippen MR) is 114 cm³/mol. The Hall–Kier alpha value is -3.44. The van der Waals surface area contributed by atoms with E-state index < -0.39 is 36.3 Å². The van der Waals surface area contributed by atoms with Crippen molar-refractivity contribution >= 4 is 58.2 Å². The Bertz CT molecular complexity index is 1100. The van der Waals surface area contributed by atoms with E-state index >= 15 is 0 Å². The van der Waals surface area contributed by atoms with Gasteiger partial charge in [0.2, 0.25) is 0 Å². The first-order chi connectivity index (χ1) is 14.7. The molecule has 0 saturated carbocycles. The van der Waals surface area contributed by atoms with Gasteiger partial charge in [0.1, 0.15) is 21.9 Å². The summed E-state index contributed by atoms with van der Waals surface area (Å²) >= 11 is 5.95. The number of ether oxygens (including phenoxy) is 1. The van der Waals surface area contributed by atoms with Gasteiger partial charge in [0.15, 0.2) is 0 Å². The number of methoxy groups -OCH3 is 1. The number of carbonyl (C=O) groups is 4. The van der Waals surface area contributed by atoms with Crippen LogP contribution in [0.3, 0.4) is 0 Å². The third kappa shape index (κ3) is 4.84. The molecule has 1 aliphatic rings. The highest BCUT2D eigenvalue weighted by Crippen LogP contribution is 2.35. The number of esters is 1. The van der Waals surface area contributed by atoms with Crippen molar-refractivity contribution < 1.29 is 38.5 Å². The first-order valence-electron chi connectivity index (χ1n) is 8.71. The Morgan fingerprint density at radius 1 is 1.19 bits per heavy atom. The first-order valence-corrected chi connectivity index (χ1v) is 9.94. The Morgan fingerprint density at radius 2 is 1.87 bits per heavy atom. The standard InChI is InChI=1S/C20H15NO8S2/c1-28-19(27)11-4-2-10(3-5-11)14-7-6-12(29-14)8-15-17(24)21(20(30)31-15)13(18(25)26)9-16(22)23/h2-8,13H,9H2,1H3,(H,22,23)(H,25,26)/b15-8-/t13-/m1/s1. The number of rotatable bonds is 7. The molecule has 1 aromatic carbocycles. The lowest BCUT2D eigenvalue weighted by atomic mass is 10.1. The maximum atomic E-state index is 12.7. The van der Waals surface area contributed by atoms with Crippen LogP contribution in [0.1, 0.15) is 22.5 Å². The van der Waals surface area contributed by atoms with Crippen molar-refractivity contribution in [2.75, 3.05) is 7.11 Å². The summed E-state index contributed by atoms with van der Waals surface area (Å²) in [6.45, 7) is 0. The Balaban J connectivity index is 1.82. The van der Waals surface area contributed by atoms with Gasteiger partial charge >= 0.3 is 17.9 Å². The zero-order valence-corrected chi connectivity index (χ0v) is 17.6. The van der Waals surface area contributed by atoms with Gasteiger partial charge in [-0.1, -0.05) is 36.1 Å². The summed E-state index contributed by atoms with van der Waals surface area (Å²) < 4.78 is 10.3. The van der Waals surface area contributed by atoms with Crippen LogP contribution >= 0.6 is 24.0 Å². The Kier molecular flexibility index (Phi) is 6.56. The Morgan fingerprint density at radius 3 is 2.45 bits per heavy atom. The summed E-state index contributed by atoms with van der Waals surface area (Å²) in [5.74, 6) is -3.19. The summed E-state index contributed by atoms with van der Waals surface area (Å²) in [6, 6.07) is 8.21. The van der Waals surface area contributed by atoms with Crippen molar-refractivity contribution in [1.29, 1.82) is 0 Å². The van der Waals surface area contributed by atoms with E-state index in [2.05, 4.69) is 4.74 Å². The number of hydrogen-bond acceptors (Lipinski definition) is 8. The average molecular weight is 461 g/mol. The molecular formula is C20H15NO8S2. The molecule has 1 atom stereocenters. The fourth-order valence-corrected chi connectivity index (χ4v) is 4.14. The molecule has 0 radical (unpaired) electrons. The number of thiocarbonyl (C=S) groups is 1. The lowest BCUT2D eigenvalue weighted by Crippen LogP contribution is -2.45. The molecule has 3 rings (SSSR count). The highest BCUT2D eigenvalue weighted by molar-refractivity contribution is 8.26. The number of nitrogens with zero attached hydrogens (tertiary/aromatic N) is 1. The van der Waals surface area contributed by atoms with Gasteiger partial charge in [0.25, 0.3) is 5.91 Å². The molecule has 2 N–H and O–H groups in total. The quantitative estimate of drug-likeness (QED) is 0.360. The minimum Gasteiger partial charge on any atom is -0.481 e. The summed E-state index contributed by atoms with van der Waals surface area (Å²) in [5, 5.41) is 18.2. The molecule has 1 fully saturated rings. The monoisotopic (exact) mass is 461 g/mol.